The van der Waals surface area contributed by atoms with Crippen LogP contribution < -0.4 is 10.6 Å². The van der Waals surface area contributed by atoms with Crippen LogP contribution in [0.4, 0.5) is 15.8 Å². The zero-order valence-electron chi connectivity index (χ0n) is 15.5. The second kappa shape index (κ2) is 7.39. The summed E-state index contributed by atoms with van der Waals surface area (Å²) in [4.78, 5) is 11.2. The molecule has 1 saturated heterocycles. The van der Waals surface area contributed by atoms with Crippen LogP contribution in [0.1, 0.15) is 37.0 Å². The first-order chi connectivity index (χ1) is 13.7. The number of halogens is 1. The summed E-state index contributed by atoms with van der Waals surface area (Å²) >= 11 is 3.20. The fraction of sp³-hybridized carbons (Fsp3) is 0.333. The Morgan fingerprint density at radius 3 is 3.04 bits per heavy atom. The van der Waals surface area contributed by atoms with E-state index in [1.165, 1.54) is 35.5 Å². The maximum atomic E-state index is 14.6. The number of anilines is 2. The largest absolute Gasteiger partial charge is 0.352 e. The molecular weight excluding hydrogens is 391 g/mol. The summed E-state index contributed by atoms with van der Waals surface area (Å²) in [7, 11) is 0. The molecule has 7 heteroatoms. The van der Waals surface area contributed by atoms with Crippen molar-refractivity contribution >= 4 is 54.5 Å². The molecule has 5 rings (SSSR count). The lowest BCUT2D eigenvalue weighted by atomic mass is 9.94. The fourth-order valence-corrected chi connectivity index (χ4v) is 5.92. The van der Waals surface area contributed by atoms with Gasteiger partial charge in [0.15, 0.2) is 0 Å². The summed E-state index contributed by atoms with van der Waals surface area (Å²) in [6, 6.07) is 7.93. The Balaban J connectivity index is 1.52. The van der Waals surface area contributed by atoms with E-state index in [0.29, 0.717) is 17.6 Å². The number of nitrogens with one attached hydrogen (secondary N) is 2. The minimum atomic E-state index is -0.265. The number of pyridine rings is 1. The molecule has 0 bridgehead atoms. The number of nitrogens with zero attached hydrogens (tertiary/aromatic N) is 2. The van der Waals surface area contributed by atoms with Crippen LogP contribution in [0.5, 0.6) is 0 Å². The molecular formula is C21H21FN4S2. The average Bonchev–Trinajstić information content (AvgIpc) is 3.26. The van der Waals surface area contributed by atoms with Crippen molar-refractivity contribution in [3.8, 4) is 0 Å². The predicted molar refractivity (Wildman–Crippen MR) is 117 cm³/mol. The van der Waals surface area contributed by atoms with Crippen molar-refractivity contribution in [2.45, 2.75) is 38.1 Å². The Labute approximate surface area is 170 Å². The van der Waals surface area contributed by atoms with Gasteiger partial charge in [0.05, 0.1) is 27.1 Å². The van der Waals surface area contributed by atoms with E-state index in [1.807, 2.05) is 6.07 Å². The molecule has 4 aromatic rings. The summed E-state index contributed by atoms with van der Waals surface area (Å²) in [5.41, 5.74) is 3.88. The number of hydrogen-bond donors (Lipinski definition) is 2. The number of fused-ring (bicyclic) bond motifs is 2. The van der Waals surface area contributed by atoms with Crippen LogP contribution in [0, 0.1) is 5.82 Å². The third-order valence-electron chi connectivity index (χ3n) is 5.52. The Hall–Kier alpha value is -2.09. The van der Waals surface area contributed by atoms with E-state index in [2.05, 4.69) is 33.6 Å². The summed E-state index contributed by atoms with van der Waals surface area (Å²) in [6.07, 6.45) is 5.46. The van der Waals surface area contributed by atoms with Crippen molar-refractivity contribution in [1.82, 2.24) is 15.3 Å². The van der Waals surface area contributed by atoms with Crippen molar-refractivity contribution in [3.05, 3.63) is 46.7 Å². The highest BCUT2D eigenvalue weighted by molar-refractivity contribution is 7.18. The standard InChI is InChI=1S/C21H21FN4S2/c1-12-13(4-2-3-6-23-12)19-8-14-16(5-7-24-21(14)28-19)26-17-10-18-20(9-15(17)22)27-11-25-18/h5,7-13,23H,2-4,6H2,1H3,(H,24,26)/t12-,13+/m0/s1. The maximum Gasteiger partial charge on any atom is 0.148 e. The predicted octanol–water partition coefficient (Wildman–Crippen LogP) is 6.03. The van der Waals surface area contributed by atoms with Gasteiger partial charge in [0.2, 0.25) is 0 Å². The van der Waals surface area contributed by atoms with Crippen LogP contribution in [0.25, 0.3) is 20.4 Å². The monoisotopic (exact) mass is 412 g/mol. The van der Waals surface area contributed by atoms with Gasteiger partial charge in [-0.15, -0.1) is 22.7 Å². The van der Waals surface area contributed by atoms with Crippen molar-refractivity contribution in [2.75, 3.05) is 11.9 Å². The Kier molecular flexibility index (Phi) is 4.74. The molecule has 144 valence electrons. The summed E-state index contributed by atoms with van der Waals surface area (Å²) in [5.74, 6) is 0.233. The molecule has 0 aliphatic carbocycles. The second-order valence-electron chi connectivity index (χ2n) is 7.35. The van der Waals surface area contributed by atoms with E-state index in [9.17, 15) is 4.39 Å². The molecule has 0 spiro atoms. The second-order valence-corrected chi connectivity index (χ2v) is 9.30. The van der Waals surface area contributed by atoms with E-state index in [0.717, 1.165) is 32.7 Å². The smallest absolute Gasteiger partial charge is 0.148 e. The number of aromatic nitrogens is 2. The van der Waals surface area contributed by atoms with Gasteiger partial charge in [0, 0.05) is 28.4 Å². The van der Waals surface area contributed by atoms with Gasteiger partial charge in [-0.05, 0) is 50.6 Å². The van der Waals surface area contributed by atoms with Gasteiger partial charge in [0.25, 0.3) is 0 Å². The summed E-state index contributed by atoms with van der Waals surface area (Å²) < 4.78 is 15.4. The molecule has 1 fully saturated rings. The fourth-order valence-electron chi connectivity index (χ4n) is 3.97. The van der Waals surface area contributed by atoms with Crippen LogP contribution >= 0.6 is 22.7 Å². The van der Waals surface area contributed by atoms with Crippen molar-refractivity contribution in [3.63, 3.8) is 0 Å². The molecule has 3 aromatic heterocycles. The number of rotatable bonds is 3. The zero-order chi connectivity index (χ0) is 19.1. The van der Waals surface area contributed by atoms with Crippen molar-refractivity contribution in [1.29, 1.82) is 0 Å². The molecule has 0 saturated carbocycles. The molecule has 1 aliphatic rings. The van der Waals surface area contributed by atoms with Crippen molar-refractivity contribution in [2.24, 2.45) is 0 Å². The Morgan fingerprint density at radius 1 is 1.18 bits per heavy atom. The Bertz CT molecular complexity index is 1140. The first-order valence-corrected chi connectivity index (χ1v) is 11.3. The van der Waals surface area contributed by atoms with Gasteiger partial charge < -0.3 is 10.6 Å². The third kappa shape index (κ3) is 3.27. The van der Waals surface area contributed by atoms with Crippen LogP contribution in [0.15, 0.2) is 36.0 Å². The normalized spacial score (nSPS) is 20.5. The number of benzene rings is 1. The van der Waals surface area contributed by atoms with Gasteiger partial charge >= 0.3 is 0 Å². The molecule has 0 unspecified atom stereocenters. The molecule has 28 heavy (non-hydrogen) atoms. The Morgan fingerprint density at radius 2 is 2.11 bits per heavy atom. The molecule has 2 atom stereocenters. The third-order valence-corrected chi connectivity index (χ3v) is 7.49. The first kappa shape index (κ1) is 18.0. The molecule has 1 aliphatic heterocycles. The first-order valence-electron chi connectivity index (χ1n) is 9.60. The highest BCUT2D eigenvalue weighted by Gasteiger charge is 2.24. The molecule has 4 nitrogen and oxygen atoms in total. The van der Waals surface area contributed by atoms with E-state index >= 15 is 0 Å². The summed E-state index contributed by atoms with van der Waals surface area (Å²) in [6.45, 7) is 3.36. The average molecular weight is 413 g/mol. The van der Waals surface area contributed by atoms with E-state index in [1.54, 1.807) is 35.2 Å². The molecule has 4 heterocycles. The highest BCUT2D eigenvalue weighted by atomic mass is 32.1. The van der Waals surface area contributed by atoms with Crippen LogP contribution in [0.2, 0.25) is 0 Å². The molecule has 1 aromatic carbocycles. The lowest BCUT2D eigenvalue weighted by Gasteiger charge is -2.20. The molecule has 0 amide bonds. The van der Waals surface area contributed by atoms with E-state index in [4.69, 9.17) is 0 Å². The molecule has 2 N–H and O–H groups in total. The van der Waals surface area contributed by atoms with Gasteiger partial charge in [-0.3, -0.25) is 0 Å². The number of thiophene rings is 1. The number of hydrogen-bond acceptors (Lipinski definition) is 6. The lowest BCUT2D eigenvalue weighted by Crippen LogP contribution is -2.30. The van der Waals surface area contributed by atoms with Gasteiger partial charge in [-0.2, -0.15) is 0 Å². The van der Waals surface area contributed by atoms with E-state index < -0.39 is 0 Å². The minimum absolute atomic E-state index is 0.265. The lowest BCUT2D eigenvalue weighted by molar-refractivity contribution is 0.488. The zero-order valence-corrected chi connectivity index (χ0v) is 17.2. The summed E-state index contributed by atoms with van der Waals surface area (Å²) in [5, 5.41) is 7.96. The van der Waals surface area contributed by atoms with Gasteiger partial charge in [0.1, 0.15) is 10.6 Å². The topological polar surface area (TPSA) is 49.8 Å². The molecule has 0 radical (unpaired) electrons. The highest BCUT2D eigenvalue weighted by Crippen LogP contribution is 2.39. The quantitative estimate of drug-likeness (QED) is 0.431. The number of thiazole rings is 1. The SMILES string of the molecule is C[C@@H]1NCCCC[C@H]1c1cc2c(Nc3cc4ncsc4cc3F)ccnc2s1. The van der Waals surface area contributed by atoms with Gasteiger partial charge in [-0.25, -0.2) is 14.4 Å². The van der Waals surface area contributed by atoms with Crippen molar-refractivity contribution < 1.29 is 4.39 Å². The van der Waals surface area contributed by atoms with Crippen LogP contribution in [-0.2, 0) is 0 Å². The maximum absolute atomic E-state index is 14.6. The van der Waals surface area contributed by atoms with Gasteiger partial charge in [-0.1, -0.05) is 6.42 Å². The van der Waals surface area contributed by atoms with Crippen LogP contribution in [-0.4, -0.2) is 22.6 Å². The van der Waals surface area contributed by atoms with E-state index in [-0.39, 0.29) is 5.82 Å². The minimum Gasteiger partial charge on any atom is -0.352 e. The van der Waals surface area contributed by atoms with Crippen LogP contribution in [0.3, 0.4) is 0 Å².